The Hall–Kier alpha value is -1.00. The highest BCUT2D eigenvalue weighted by molar-refractivity contribution is 5.12. The minimum absolute atomic E-state index is 0.0977. The van der Waals surface area contributed by atoms with Gasteiger partial charge in [-0.25, -0.2) is 0 Å². The molecule has 0 aromatic carbocycles. The van der Waals surface area contributed by atoms with Crippen molar-refractivity contribution >= 4 is 0 Å². The Bertz CT molecular complexity index is 239. The van der Waals surface area contributed by atoms with Crippen molar-refractivity contribution in [1.82, 2.24) is 9.97 Å². The predicted molar refractivity (Wildman–Crippen MR) is 40.8 cm³/mol. The molecular formula is C7H11N3O. The Balaban J connectivity index is 2.93. The minimum atomic E-state index is -0.413. The molecule has 0 bridgehead atoms. The molecule has 0 radical (unpaired) electrons. The van der Waals surface area contributed by atoms with E-state index in [1.165, 1.54) is 0 Å². The van der Waals surface area contributed by atoms with Crippen molar-refractivity contribution in [2.24, 2.45) is 5.73 Å². The molecule has 0 amide bonds. The molecule has 60 valence electrons. The third-order valence-electron chi connectivity index (χ3n) is 1.47. The number of nitrogens with two attached hydrogens (primary N) is 1. The Morgan fingerprint density at radius 1 is 1.55 bits per heavy atom. The van der Waals surface area contributed by atoms with Crippen LogP contribution in [0.3, 0.4) is 0 Å². The number of rotatable bonds is 2. The standard InChI is InChI=1S/C7H11N3O/c1-5-7(6(8)4-11)10-3-2-9-5/h2-3,6,11H,4,8H2,1H3/t6-/m0/s1. The highest BCUT2D eigenvalue weighted by Gasteiger charge is 2.08. The van der Waals surface area contributed by atoms with Gasteiger partial charge in [-0.05, 0) is 6.92 Å². The molecule has 0 saturated heterocycles. The van der Waals surface area contributed by atoms with E-state index in [2.05, 4.69) is 9.97 Å². The number of aromatic nitrogens is 2. The molecule has 0 spiro atoms. The van der Waals surface area contributed by atoms with Gasteiger partial charge in [-0.1, -0.05) is 0 Å². The molecule has 0 saturated carbocycles. The summed E-state index contributed by atoms with van der Waals surface area (Å²) >= 11 is 0. The third-order valence-corrected chi connectivity index (χ3v) is 1.47. The van der Waals surface area contributed by atoms with E-state index in [9.17, 15) is 0 Å². The molecule has 1 aromatic rings. The van der Waals surface area contributed by atoms with E-state index in [1.807, 2.05) is 6.92 Å². The maximum Gasteiger partial charge on any atom is 0.0806 e. The summed E-state index contributed by atoms with van der Waals surface area (Å²) in [6.45, 7) is 1.72. The van der Waals surface area contributed by atoms with Gasteiger partial charge in [0.25, 0.3) is 0 Å². The van der Waals surface area contributed by atoms with E-state index in [0.717, 1.165) is 5.69 Å². The molecule has 4 heteroatoms. The van der Waals surface area contributed by atoms with Gasteiger partial charge in [-0.15, -0.1) is 0 Å². The summed E-state index contributed by atoms with van der Waals surface area (Å²) in [7, 11) is 0. The Labute approximate surface area is 65.1 Å². The van der Waals surface area contributed by atoms with Crippen molar-refractivity contribution in [3.05, 3.63) is 23.8 Å². The molecular weight excluding hydrogens is 142 g/mol. The molecule has 0 aliphatic carbocycles. The Morgan fingerprint density at radius 3 is 2.73 bits per heavy atom. The van der Waals surface area contributed by atoms with Crippen molar-refractivity contribution in [3.8, 4) is 0 Å². The smallest absolute Gasteiger partial charge is 0.0806 e. The molecule has 1 aromatic heterocycles. The number of hydrogen-bond donors (Lipinski definition) is 2. The van der Waals surface area contributed by atoms with Crippen molar-refractivity contribution in [3.63, 3.8) is 0 Å². The van der Waals surface area contributed by atoms with Crippen LogP contribution in [0.15, 0.2) is 12.4 Å². The molecule has 11 heavy (non-hydrogen) atoms. The van der Waals surface area contributed by atoms with Crippen LogP contribution in [0, 0.1) is 6.92 Å². The van der Waals surface area contributed by atoms with E-state index >= 15 is 0 Å². The van der Waals surface area contributed by atoms with E-state index in [-0.39, 0.29) is 6.61 Å². The van der Waals surface area contributed by atoms with Crippen molar-refractivity contribution in [2.75, 3.05) is 6.61 Å². The van der Waals surface area contributed by atoms with Crippen LogP contribution in [0.4, 0.5) is 0 Å². The first-order chi connectivity index (χ1) is 5.25. The normalized spacial score (nSPS) is 13.0. The monoisotopic (exact) mass is 153 g/mol. The van der Waals surface area contributed by atoms with E-state index in [4.69, 9.17) is 10.8 Å². The van der Waals surface area contributed by atoms with E-state index in [0.29, 0.717) is 5.69 Å². The largest absolute Gasteiger partial charge is 0.394 e. The average molecular weight is 153 g/mol. The fourth-order valence-electron chi connectivity index (χ4n) is 0.869. The van der Waals surface area contributed by atoms with Gasteiger partial charge in [0.1, 0.15) is 0 Å². The highest BCUT2D eigenvalue weighted by atomic mass is 16.3. The van der Waals surface area contributed by atoms with Crippen LogP contribution in [0.2, 0.25) is 0 Å². The minimum Gasteiger partial charge on any atom is -0.394 e. The maximum absolute atomic E-state index is 8.72. The summed E-state index contributed by atoms with van der Waals surface area (Å²) in [5.74, 6) is 0. The zero-order chi connectivity index (χ0) is 8.27. The summed E-state index contributed by atoms with van der Waals surface area (Å²) in [5, 5.41) is 8.72. The number of nitrogens with zero attached hydrogens (tertiary/aromatic N) is 2. The molecule has 0 unspecified atom stereocenters. The fourth-order valence-corrected chi connectivity index (χ4v) is 0.869. The quantitative estimate of drug-likeness (QED) is 0.616. The second-order valence-corrected chi connectivity index (χ2v) is 2.32. The number of aliphatic hydroxyl groups excluding tert-OH is 1. The number of hydrogen-bond acceptors (Lipinski definition) is 4. The van der Waals surface area contributed by atoms with Gasteiger partial charge in [-0.2, -0.15) is 0 Å². The molecule has 1 heterocycles. The molecule has 1 rings (SSSR count). The third kappa shape index (κ3) is 1.72. The summed E-state index contributed by atoms with van der Waals surface area (Å²) in [4.78, 5) is 8.00. The van der Waals surface area contributed by atoms with Crippen LogP contribution in [0.25, 0.3) is 0 Å². The topological polar surface area (TPSA) is 72.0 Å². The average Bonchev–Trinajstić information content (AvgIpc) is 2.04. The van der Waals surface area contributed by atoms with Gasteiger partial charge in [0.2, 0.25) is 0 Å². The molecule has 4 nitrogen and oxygen atoms in total. The van der Waals surface area contributed by atoms with Gasteiger partial charge < -0.3 is 10.8 Å². The zero-order valence-corrected chi connectivity index (χ0v) is 6.36. The summed E-state index contributed by atoms with van der Waals surface area (Å²) in [6, 6.07) is -0.413. The van der Waals surface area contributed by atoms with Gasteiger partial charge in [0.05, 0.1) is 24.0 Å². The lowest BCUT2D eigenvalue weighted by Crippen LogP contribution is -2.17. The lowest BCUT2D eigenvalue weighted by molar-refractivity contribution is 0.265. The van der Waals surface area contributed by atoms with E-state index < -0.39 is 6.04 Å². The summed E-state index contributed by atoms with van der Waals surface area (Å²) in [6.07, 6.45) is 3.17. The van der Waals surface area contributed by atoms with Crippen LogP contribution < -0.4 is 5.73 Å². The van der Waals surface area contributed by atoms with Gasteiger partial charge in [0.15, 0.2) is 0 Å². The molecule has 1 atom stereocenters. The Morgan fingerprint density at radius 2 is 2.18 bits per heavy atom. The highest BCUT2D eigenvalue weighted by Crippen LogP contribution is 2.07. The first kappa shape index (κ1) is 8.10. The van der Waals surface area contributed by atoms with Gasteiger partial charge in [0, 0.05) is 12.4 Å². The van der Waals surface area contributed by atoms with Crippen LogP contribution >= 0.6 is 0 Å². The lowest BCUT2D eigenvalue weighted by atomic mass is 10.2. The molecule has 0 fully saturated rings. The van der Waals surface area contributed by atoms with Crippen molar-refractivity contribution < 1.29 is 5.11 Å². The molecule has 0 aliphatic rings. The Kier molecular flexibility index (Phi) is 2.51. The summed E-state index contributed by atoms with van der Waals surface area (Å²) < 4.78 is 0. The van der Waals surface area contributed by atoms with Crippen LogP contribution in [-0.2, 0) is 0 Å². The SMILES string of the molecule is Cc1nccnc1[C@@H](N)CO. The fraction of sp³-hybridized carbons (Fsp3) is 0.429. The number of aliphatic hydroxyl groups is 1. The first-order valence-corrected chi connectivity index (χ1v) is 3.39. The predicted octanol–water partition coefficient (Wildman–Crippen LogP) is -0.223. The van der Waals surface area contributed by atoms with Gasteiger partial charge in [-0.3, -0.25) is 9.97 Å². The van der Waals surface area contributed by atoms with Crippen molar-refractivity contribution in [1.29, 1.82) is 0 Å². The number of aryl methyl sites for hydroxylation is 1. The molecule has 3 N–H and O–H groups in total. The van der Waals surface area contributed by atoms with Crippen molar-refractivity contribution in [2.45, 2.75) is 13.0 Å². The van der Waals surface area contributed by atoms with Gasteiger partial charge >= 0.3 is 0 Å². The van der Waals surface area contributed by atoms with Crippen LogP contribution in [0.1, 0.15) is 17.4 Å². The maximum atomic E-state index is 8.72. The second-order valence-electron chi connectivity index (χ2n) is 2.32. The van der Waals surface area contributed by atoms with E-state index in [1.54, 1.807) is 12.4 Å². The zero-order valence-electron chi connectivity index (χ0n) is 6.36. The molecule has 0 aliphatic heterocycles. The van der Waals surface area contributed by atoms with Crippen LogP contribution in [0.5, 0.6) is 0 Å². The first-order valence-electron chi connectivity index (χ1n) is 3.39. The second kappa shape index (κ2) is 3.41. The summed E-state index contributed by atoms with van der Waals surface area (Å²) in [5.41, 5.74) is 6.98. The lowest BCUT2D eigenvalue weighted by Gasteiger charge is -2.08. The van der Waals surface area contributed by atoms with Crippen LogP contribution in [-0.4, -0.2) is 21.7 Å².